The van der Waals surface area contributed by atoms with Crippen LogP contribution in [0.2, 0.25) is 0 Å². The van der Waals surface area contributed by atoms with E-state index in [4.69, 9.17) is 4.42 Å². The van der Waals surface area contributed by atoms with Crippen molar-refractivity contribution < 1.29 is 4.42 Å². The van der Waals surface area contributed by atoms with Gasteiger partial charge in [-0.1, -0.05) is 182 Å². The van der Waals surface area contributed by atoms with Crippen molar-refractivity contribution in [1.82, 2.24) is 0 Å². The van der Waals surface area contributed by atoms with Crippen LogP contribution in [0, 0.1) is 0 Å². The first kappa shape index (κ1) is 34.0. The topological polar surface area (TPSA) is 16.4 Å². The number of fused-ring (bicyclic) bond motifs is 15. The molecule has 1 heterocycles. The second-order valence-corrected chi connectivity index (χ2v) is 16.4. The van der Waals surface area contributed by atoms with Crippen molar-refractivity contribution >= 4 is 49.8 Å². The molecule has 1 unspecified atom stereocenters. The maximum atomic E-state index is 6.58. The van der Waals surface area contributed by atoms with Gasteiger partial charge in [0.2, 0.25) is 0 Å². The summed E-state index contributed by atoms with van der Waals surface area (Å²) in [4.78, 5) is 2.46. The number of furan rings is 1. The van der Waals surface area contributed by atoms with E-state index in [2.05, 4.69) is 223 Å². The monoisotopic (exact) mass is 775 g/mol. The van der Waals surface area contributed by atoms with Gasteiger partial charge in [0.25, 0.3) is 0 Å². The molecule has 0 saturated carbocycles. The molecule has 0 N–H and O–H groups in total. The summed E-state index contributed by atoms with van der Waals surface area (Å²) < 4.78 is 6.58. The average Bonchev–Trinajstić information content (AvgIpc) is 3.96. The van der Waals surface area contributed by atoms with Gasteiger partial charge in [-0.2, -0.15) is 0 Å². The van der Waals surface area contributed by atoms with E-state index in [1.807, 2.05) is 6.07 Å². The fourth-order valence-corrected chi connectivity index (χ4v) is 10.7. The summed E-state index contributed by atoms with van der Waals surface area (Å²) in [6.07, 6.45) is 0. The quantitative estimate of drug-likeness (QED) is 0.173. The highest BCUT2D eigenvalue weighted by Crippen LogP contribution is 2.66. The SMILES string of the molecule is c1ccc(-c2ccc(-c3ccc(N(c4ccc5c(c4)oc4ccccc45)c4cccc5c4C4(c6ccccc6-5)c5ccccc5-c5c4ccc4ccccc54)cc3)cc2)cc1. The number of nitrogens with zero attached hydrogens (tertiary/aromatic N) is 1. The molecule has 0 aliphatic heterocycles. The standard InChI is InChI=1S/C59H37NO/c1-2-13-38(14-3-1)39-25-27-40(28-26-39)41-29-32-43(33-30-41)60(44-34-35-48-47-18-8-11-24-55(47)61-56(48)37-44)54-23-12-20-49-46-17-6-9-21-51(46)59(58(49)54)52-22-10-7-19-50(52)57-45-16-5-4-15-42(45)31-36-53(57)59/h1-37H. The number of hydrogen-bond acceptors (Lipinski definition) is 2. The molecule has 1 spiro atoms. The van der Waals surface area contributed by atoms with Crippen LogP contribution in [-0.2, 0) is 5.41 Å². The molecular formula is C59H37NO. The van der Waals surface area contributed by atoms with Gasteiger partial charge < -0.3 is 9.32 Å². The van der Waals surface area contributed by atoms with Gasteiger partial charge in [-0.3, -0.25) is 0 Å². The Morgan fingerprint density at radius 3 is 1.70 bits per heavy atom. The third-order valence-corrected chi connectivity index (χ3v) is 13.3. The number of para-hydroxylation sites is 1. The van der Waals surface area contributed by atoms with Crippen molar-refractivity contribution in [2.75, 3.05) is 4.90 Å². The van der Waals surface area contributed by atoms with E-state index in [-0.39, 0.29) is 0 Å². The second kappa shape index (κ2) is 13.0. The normalized spacial score (nSPS) is 14.6. The Kier molecular flexibility index (Phi) is 7.26. The van der Waals surface area contributed by atoms with Crippen LogP contribution in [0.5, 0.6) is 0 Å². The molecule has 2 aliphatic carbocycles. The maximum Gasteiger partial charge on any atom is 0.137 e. The lowest BCUT2D eigenvalue weighted by Crippen LogP contribution is -2.28. The van der Waals surface area contributed by atoms with Gasteiger partial charge in [0, 0.05) is 33.8 Å². The van der Waals surface area contributed by atoms with Crippen LogP contribution >= 0.6 is 0 Å². The van der Waals surface area contributed by atoms with Crippen molar-refractivity contribution in [3.05, 3.63) is 247 Å². The van der Waals surface area contributed by atoms with Crippen molar-refractivity contribution in [3.8, 4) is 44.5 Å². The Balaban J connectivity index is 1.06. The largest absolute Gasteiger partial charge is 0.456 e. The van der Waals surface area contributed by atoms with Gasteiger partial charge in [-0.25, -0.2) is 0 Å². The Morgan fingerprint density at radius 2 is 0.918 bits per heavy atom. The summed E-state index contributed by atoms with van der Waals surface area (Å²) in [5.41, 5.74) is 19.7. The van der Waals surface area contributed by atoms with E-state index >= 15 is 0 Å². The van der Waals surface area contributed by atoms with Gasteiger partial charge in [0.05, 0.1) is 11.1 Å². The minimum absolute atomic E-state index is 0.555. The third kappa shape index (κ3) is 4.85. The molecule has 13 rings (SSSR count). The maximum absolute atomic E-state index is 6.58. The molecule has 10 aromatic carbocycles. The molecule has 0 fully saturated rings. The minimum atomic E-state index is -0.555. The Hall–Kier alpha value is -7.94. The van der Waals surface area contributed by atoms with Gasteiger partial charge in [-0.15, -0.1) is 0 Å². The zero-order valence-corrected chi connectivity index (χ0v) is 33.2. The first-order chi connectivity index (χ1) is 30.3. The molecule has 2 heteroatoms. The van der Waals surface area contributed by atoms with Crippen molar-refractivity contribution in [3.63, 3.8) is 0 Å². The summed E-state index contributed by atoms with van der Waals surface area (Å²) in [6, 6.07) is 82.3. The summed E-state index contributed by atoms with van der Waals surface area (Å²) in [7, 11) is 0. The first-order valence-electron chi connectivity index (χ1n) is 21.1. The van der Waals surface area contributed by atoms with Gasteiger partial charge in [0.15, 0.2) is 0 Å². The molecule has 1 atom stereocenters. The highest BCUT2D eigenvalue weighted by molar-refractivity contribution is 6.09. The van der Waals surface area contributed by atoms with E-state index < -0.39 is 5.41 Å². The lowest BCUT2D eigenvalue weighted by molar-refractivity contribution is 0.669. The molecule has 284 valence electrons. The Bertz CT molecular complexity index is 3520. The molecule has 2 aliphatic rings. The predicted octanol–water partition coefficient (Wildman–Crippen LogP) is 15.9. The zero-order valence-electron chi connectivity index (χ0n) is 33.2. The minimum Gasteiger partial charge on any atom is -0.456 e. The molecule has 1 aromatic heterocycles. The smallest absolute Gasteiger partial charge is 0.137 e. The van der Waals surface area contributed by atoms with E-state index in [1.54, 1.807) is 0 Å². The molecule has 0 bridgehead atoms. The molecule has 0 amide bonds. The van der Waals surface area contributed by atoms with E-state index in [9.17, 15) is 0 Å². The lowest BCUT2D eigenvalue weighted by atomic mass is 9.69. The predicted molar refractivity (Wildman–Crippen MR) is 253 cm³/mol. The van der Waals surface area contributed by atoms with Crippen molar-refractivity contribution in [2.45, 2.75) is 5.41 Å². The summed E-state index contributed by atoms with van der Waals surface area (Å²) in [5, 5.41) is 4.77. The van der Waals surface area contributed by atoms with Crippen molar-refractivity contribution in [2.24, 2.45) is 0 Å². The van der Waals surface area contributed by atoms with Crippen LogP contribution in [-0.4, -0.2) is 0 Å². The van der Waals surface area contributed by atoms with E-state index in [0.29, 0.717) is 0 Å². The van der Waals surface area contributed by atoms with Crippen LogP contribution < -0.4 is 4.90 Å². The second-order valence-electron chi connectivity index (χ2n) is 16.4. The number of benzene rings is 10. The highest BCUT2D eigenvalue weighted by atomic mass is 16.3. The molecular weight excluding hydrogens is 739 g/mol. The third-order valence-electron chi connectivity index (χ3n) is 13.3. The van der Waals surface area contributed by atoms with Gasteiger partial charge >= 0.3 is 0 Å². The van der Waals surface area contributed by atoms with E-state index in [1.165, 1.54) is 77.5 Å². The Morgan fingerprint density at radius 1 is 0.344 bits per heavy atom. The molecule has 0 radical (unpaired) electrons. The van der Waals surface area contributed by atoms with Gasteiger partial charge in [-0.05, 0) is 108 Å². The van der Waals surface area contributed by atoms with Crippen LogP contribution in [0.15, 0.2) is 229 Å². The summed E-state index contributed by atoms with van der Waals surface area (Å²) in [6.45, 7) is 0. The summed E-state index contributed by atoms with van der Waals surface area (Å²) in [5.74, 6) is 0. The molecule has 11 aromatic rings. The van der Waals surface area contributed by atoms with Crippen LogP contribution in [0.4, 0.5) is 17.1 Å². The Labute approximate surface area is 354 Å². The number of anilines is 3. The first-order valence-corrected chi connectivity index (χ1v) is 21.1. The van der Waals surface area contributed by atoms with Crippen LogP contribution in [0.1, 0.15) is 22.3 Å². The fourth-order valence-electron chi connectivity index (χ4n) is 10.7. The van der Waals surface area contributed by atoms with Crippen LogP contribution in [0.25, 0.3) is 77.2 Å². The van der Waals surface area contributed by atoms with Crippen molar-refractivity contribution in [1.29, 1.82) is 0 Å². The average molecular weight is 776 g/mol. The molecule has 0 saturated heterocycles. The molecule has 61 heavy (non-hydrogen) atoms. The summed E-state index contributed by atoms with van der Waals surface area (Å²) >= 11 is 0. The van der Waals surface area contributed by atoms with E-state index in [0.717, 1.165) is 39.0 Å². The van der Waals surface area contributed by atoms with Gasteiger partial charge in [0.1, 0.15) is 11.2 Å². The lowest BCUT2D eigenvalue weighted by Gasteiger charge is -2.36. The van der Waals surface area contributed by atoms with Crippen LogP contribution in [0.3, 0.4) is 0 Å². The highest BCUT2D eigenvalue weighted by Gasteiger charge is 2.53. The zero-order chi connectivity index (χ0) is 40.1. The number of rotatable bonds is 5. The fraction of sp³-hybridized carbons (Fsp3) is 0.0169. The molecule has 2 nitrogen and oxygen atoms in total. The number of hydrogen-bond donors (Lipinski definition) is 0.